The van der Waals surface area contributed by atoms with Crippen molar-refractivity contribution in [2.75, 3.05) is 39.4 Å². The van der Waals surface area contributed by atoms with E-state index in [1.54, 1.807) is 17.0 Å². The van der Waals surface area contributed by atoms with E-state index in [2.05, 4.69) is 0 Å². The third kappa shape index (κ3) is 3.71. The molecule has 0 aliphatic carbocycles. The van der Waals surface area contributed by atoms with Gasteiger partial charge in [0.05, 0.1) is 25.3 Å². The number of hydrogen-bond donors (Lipinski definition) is 1. The Kier molecular flexibility index (Phi) is 5.13. The van der Waals surface area contributed by atoms with E-state index in [9.17, 15) is 14.7 Å². The number of urea groups is 1. The summed E-state index contributed by atoms with van der Waals surface area (Å²) in [5.74, 6) is -0.0361. The van der Waals surface area contributed by atoms with Gasteiger partial charge in [0.25, 0.3) is 5.91 Å². The molecule has 2 atom stereocenters. The van der Waals surface area contributed by atoms with E-state index in [1.807, 2.05) is 23.6 Å². The molecule has 0 saturated carbocycles. The molecule has 1 N–H and O–H groups in total. The van der Waals surface area contributed by atoms with E-state index >= 15 is 0 Å². The number of rotatable bonds is 1. The summed E-state index contributed by atoms with van der Waals surface area (Å²) < 4.78 is 5.48. The average molecular weight is 347 g/mol. The standard InChI is InChI=1S/C18H25N3O4/c1-13-11-25-12-14(2)21(13)18(24)20-8-6-19(7-9-20)17(23)15-4-3-5-16(22)10-15/h3-5,10,13-14,22H,6-9,11-12H2,1-2H3. The smallest absolute Gasteiger partial charge is 0.320 e. The first kappa shape index (κ1) is 17.5. The monoisotopic (exact) mass is 347 g/mol. The van der Waals surface area contributed by atoms with E-state index in [0.29, 0.717) is 45.0 Å². The van der Waals surface area contributed by atoms with Crippen LogP contribution in [-0.2, 0) is 4.74 Å². The molecule has 0 bridgehead atoms. The summed E-state index contributed by atoms with van der Waals surface area (Å²) >= 11 is 0. The number of benzene rings is 1. The van der Waals surface area contributed by atoms with Crippen LogP contribution < -0.4 is 0 Å². The number of piperazine rings is 1. The number of aromatic hydroxyl groups is 1. The zero-order valence-corrected chi connectivity index (χ0v) is 14.7. The fourth-order valence-corrected chi connectivity index (χ4v) is 3.47. The predicted octanol–water partition coefficient (Wildman–Crippen LogP) is 1.38. The topological polar surface area (TPSA) is 73.3 Å². The molecule has 0 aromatic heterocycles. The third-order valence-corrected chi connectivity index (χ3v) is 4.82. The highest BCUT2D eigenvalue weighted by Crippen LogP contribution is 2.18. The Morgan fingerprint density at radius 1 is 1.04 bits per heavy atom. The molecule has 7 nitrogen and oxygen atoms in total. The van der Waals surface area contributed by atoms with E-state index in [4.69, 9.17) is 4.74 Å². The Labute approximate surface area is 147 Å². The number of carbonyl (C=O) groups excluding carboxylic acids is 2. The summed E-state index contributed by atoms with van der Waals surface area (Å²) in [4.78, 5) is 30.8. The molecule has 3 amide bonds. The SMILES string of the molecule is CC1COCC(C)N1C(=O)N1CCN(C(=O)c2cccc(O)c2)CC1. The molecule has 0 radical (unpaired) electrons. The van der Waals surface area contributed by atoms with E-state index in [1.165, 1.54) is 12.1 Å². The van der Waals surface area contributed by atoms with Crippen LogP contribution in [-0.4, -0.2) is 83.2 Å². The molecule has 2 aliphatic heterocycles. The van der Waals surface area contributed by atoms with Crippen molar-refractivity contribution in [2.45, 2.75) is 25.9 Å². The highest BCUT2D eigenvalue weighted by atomic mass is 16.5. The largest absolute Gasteiger partial charge is 0.508 e. The number of amides is 3. The van der Waals surface area contributed by atoms with Crippen LogP contribution >= 0.6 is 0 Å². The normalized spacial score (nSPS) is 24.3. The van der Waals surface area contributed by atoms with Crippen molar-refractivity contribution >= 4 is 11.9 Å². The Bertz CT molecular complexity index is 633. The zero-order valence-electron chi connectivity index (χ0n) is 14.7. The molecular weight excluding hydrogens is 322 g/mol. The molecule has 2 saturated heterocycles. The first-order valence-corrected chi connectivity index (χ1v) is 8.70. The number of nitrogens with zero attached hydrogens (tertiary/aromatic N) is 3. The maximum Gasteiger partial charge on any atom is 0.320 e. The van der Waals surface area contributed by atoms with Crippen LogP contribution in [0.25, 0.3) is 0 Å². The highest BCUT2D eigenvalue weighted by Gasteiger charge is 2.34. The Hall–Kier alpha value is -2.28. The van der Waals surface area contributed by atoms with Gasteiger partial charge in [0.15, 0.2) is 0 Å². The minimum atomic E-state index is -0.115. The van der Waals surface area contributed by atoms with Gasteiger partial charge in [0.1, 0.15) is 5.75 Å². The van der Waals surface area contributed by atoms with Gasteiger partial charge >= 0.3 is 6.03 Å². The summed E-state index contributed by atoms with van der Waals surface area (Å²) in [6.07, 6.45) is 0. The second kappa shape index (κ2) is 7.31. The van der Waals surface area contributed by atoms with Crippen LogP contribution in [0.4, 0.5) is 4.79 Å². The van der Waals surface area contributed by atoms with E-state index < -0.39 is 0 Å². The lowest BCUT2D eigenvalue weighted by Crippen LogP contribution is -2.60. The summed E-state index contributed by atoms with van der Waals surface area (Å²) in [7, 11) is 0. The molecule has 25 heavy (non-hydrogen) atoms. The molecule has 2 fully saturated rings. The number of morpholine rings is 1. The van der Waals surface area contributed by atoms with Gasteiger partial charge in [-0.05, 0) is 32.0 Å². The first-order valence-electron chi connectivity index (χ1n) is 8.70. The van der Waals surface area contributed by atoms with E-state index in [-0.39, 0.29) is 29.8 Å². The molecule has 2 heterocycles. The summed E-state index contributed by atoms with van der Waals surface area (Å²) in [5.41, 5.74) is 0.468. The Morgan fingerprint density at radius 3 is 2.24 bits per heavy atom. The van der Waals surface area contributed by atoms with Crippen molar-refractivity contribution in [3.63, 3.8) is 0 Å². The number of carbonyl (C=O) groups is 2. The van der Waals surface area contributed by atoms with E-state index in [0.717, 1.165) is 0 Å². The van der Waals surface area contributed by atoms with Crippen LogP contribution in [0.5, 0.6) is 5.75 Å². The molecule has 136 valence electrons. The molecule has 2 aliphatic rings. The van der Waals surface area contributed by atoms with Crippen molar-refractivity contribution < 1.29 is 19.4 Å². The molecule has 1 aromatic rings. The van der Waals surface area contributed by atoms with Gasteiger partial charge in [-0.2, -0.15) is 0 Å². The third-order valence-electron chi connectivity index (χ3n) is 4.82. The summed E-state index contributed by atoms with van der Waals surface area (Å²) in [6, 6.07) is 6.49. The lowest BCUT2D eigenvalue weighted by molar-refractivity contribution is -0.0241. The maximum absolute atomic E-state index is 12.8. The number of phenolic OH excluding ortho intramolecular Hbond substituents is 1. The second-order valence-electron chi connectivity index (χ2n) is 6.75. The van der Waals surface area contributed by atoms with Gasteiger partial charge in [-0.1, -0.05) is 6.07 Å². The van der Waals surface area contributed by atoms with Crippen LogP contribution in [0.3, 0.4) is 0 Å². The van der Waals surface area contributed by atoms with Crippen molar-refractivity contribution in [1.82, 2.24) is 14.7 Å². The van der Waals surface area contributed by atoms with Crippen LogP contribution in [0.2, 0.25) is 0 Å². The van der Waals surface area contributed by atoms with Crippen LogP contribution in [0.1, 0.15) is 24.2 Å². The molecule has 1 aromatic carbocycles. The fraction of sp³-hybridized carbons (Fsp3) is 0.556. The Morgan fingerprint density at radius 2 is 1.64 bits per heavy atom. The quantitative estimate of drug-likeness (QED) is 0.833. The minimum absolute atomic E-state index is 0.0211. The summed E-state index contributed by atoms with van der Waals surface area (Å²) in [6.45, 7) is 7.13. The lowest BCUT2D eigenvalue weighted by atomic mass is 10.1. The van der Waals surface area contributed by atoms with Gasteiger partial charge in [0.2, 0.25) is 0 Å². The molecular formula is C18H25N3O4. The number of ether oxygens (including phenoxy) is 1. The summed E-state index contributed by atoms with van der Waals surface area (Å²) in [5, 5.41) is 9.53. The minimum Gasteiger partial charge on any atom is -0.508 e. The maximum atomic E-state index is 12.8. The van der Waals surface area contributed by atoms with Gasteiger partial charge in [-0.15, -0.1) is 0 Å². The van der Waals surface area contributed by atoms with Crippen LogP contribution in [0.15, 0.2) is 24.3 Å². The van der Waals surface area contributed by atoms with Gasteiger partial charge in [-0.25, -0.2) is 4.79 Å². The number of phenols is 1. The van der Waals surface area contributed by atoms with Crippen molar-refractivity contribution in [2.24, 2.45) is 0 Å². The van der Waals surface area contributed by atoms with Crippen molar-refractivity contribution in [3.05, 3.63) is 29.8 Å². The molecule has 0 spiro atoms. The Balaban J connectivity index is 1.60. The highest BCUT2D eigenvalue weighted by molar-refractivity contribution is 5.94. The number of hydrogen-bond acceptors (Lipinski definition) is 4. The second-order valence-corrected chi connectivity index (χ2v) is 6.75. The molecule has 7 heteroatoms. The van der Waals surface area contributed by atoms with Crippen LogP contribution in [0, 0.1) is 0 Å². The molecule has 2 unspecified atom stereocenters. The van der Waals surface area contributed by atoms with Gasteiger partial charge in [0, 0.05) is 31.7 Å². The predicted molar refractivity (Wildman–Crippen MR) is 92.6 cm³/mol. The lowest BCUT2D eigenvalue weighted by Gasteiger charge is -2.43. The van der Waals surface area contributed by atoms with Crippen molar-refractivity contribution in [3.8, 4) is 5.75 Å². The van der Waals surface area contributed by atoms with Crippen molar-refractivity contribution in [1.29, 1.82) is 0 Å². The molecule has 3 rings (SSSR count). The fourth-order valence-electron chi connectivity index (χ4n) is 3.47. The van der Waals surface area contributed by atoms with Gasteiger partial charge < -0.3 is 24.5 Å². The first-order chi connectivity index (χ1) is 12.0. The van der Waals surface area contributed by atoms with Gasteiger partial charge in [-0.3, -0.25) is 4.79 Å². The zero-order chi connectivity index (χ0) is 18.0. The average Bonchev–Trinajstić information content (AvgIpc) is 2.61.